The van der Waals surface area contributed by atoms with Gasteiger partial charge in [-0.2, -0.15) is 0 Å². The van der Waals surface area contributed by atoms with Gasteiger partial charge in [0.05, 0.1) is 21.3 Å². The van der Waals surface area contributed by atoms with E-state index in [9.17, 15) is 13.8 Å². The Morgan fingerprint density at radius 3 is 2.31 bits per heavy atom. The zero-order valence-corrected chi connectivity index (χ0v) is 18.1. The van der Waals surface area contributed by atoms with E-state index in [1.54, 1.807) is 31.2 Å². The normalized spacial score (nSPS) is 31.9. The van der Waals surface area contributed by atoms with Gasteiger partial charge in [0.15, 0.2) is 6.61 Å². The standard InChI is InChI=1S/C23H31NO4S/c1-3-29(27)20-7-5-4-6-19(20)22(26)28-14-21(25)24-15(2)23-11-16-8-17(12-23)10-18(9-16)13-23/h4-7,15-18H,3,8-14H2,1-2H3,(H,24,25)/t15-,16?,17?,18?,23?,29-/m0/s1. The molecule has 29 heavy (non-hydrogen) atoms. The second-order valence-electron chi connectivity index (χ2n) is 9.28. The van der Waals surface area contributed by atoms with E-state index in [1.807, 2.05) is 0 Å². The third-order valence-electron chi connectivity index (χ3n) is 7.33. The number of amides is 1. The molecule has 0 aromatic heterocycles. The third kappa shape index (κ3) is 4.14. The van der Waals surface area contributed by atoms with Gasteiger partial charge in [-0.25, -0.2) is 4.79 Å². The molecule has 158 valence electrons. The van der Waals surface area contributed by atoms with Gasteiger partial charge in [-0.05, 0) is 80.8 Å². The first-order valence-electron chi connectivity index (χ1n) is 10.8. The molecule has 5 nitrogen and oxygen atoms in total. The molecule has 4 fully saturated rings. The van der Waals surface area contributed by atoms with Crippen LogP contribution in [0.2, 0.25) is 0 Å². The Balaban J connectivity index is 1.34. The number of rotatable bonds is 7. The minimum atomic E-state index is -1.25. The minimum Gasteiger partial charge on any atom is -0.452 e. The fraction of sp³-hybridized carbons (Fsp3) is 0.652. The molecular formula is C23H31NO4S. The zero-order valence-electron chi connectivity index (χ0n) is 17.3. The van der Waals surface area contributed by atoms with Crippen LogP contribution >= 0.6 is 0 Å². The highest BCUT2D eigenvalue weighted by Gasteiger charge is 2.53. The molecule has 2 atom stereocenters. The summed E-state index contributed by atoms with van der Waals surface area (Å²) in [5, 5.41) is 3.12. The van der Waals surface area contributed by atoms with Crippen LogP contribution < -0.4 is 5.32 Å². The average molecular weight is 418 g/mol. The summed E-state index contributed by atoms with van der Waals surface area (Å²) in [7, 11) is -1.25. The molecule has 4 aliphatic carbocycles. The van der Waals surface area contributed by atoms with Crippen molar-refractivity contribution in [2.75, 3.05) is 12.4 Å². The Labute approximate surface area is 175 Å². The van der Waals surface area contributed by atoms with Gasteiger partial charge in [0, 0.05) is 11.8 Å². The molecular weight excluding hydrogens is 386 g/mol. The molecule has 1 aromatic carbocycles. The topological polar surface area (TPSA) is 72.5 Å². The van der Waals surface area contributed by atoms with Crippen LogP contribution in [0, 0.1) is 23.2 Å². The van der Waals surface area contributed by atoms with Gasteiger partial charge in [-0.3, -0.25) is 9.00 Å². The van der Waals surface area contributed by atoms with E-state index in [0.717, 1.165) is 17.8 Å². The van der Waals surface area contributed by atoms with Gasteiger partial charge in [0.2, 0.25) is 0 Å². The molecule has 1 amide bonds. The van der Waals surface area contributed by atoms with Crippen LogP contribution in [0.15, 0.2) is 29.2 Å². The first kappa shape index (κ1) is 20.6. The summed E-state index contributed by atoms with van der Waals surface area (Å²) < 4.78 is 17.4. The number of hydrogen-bond acceptors (Lipinski definition) is 4. The van der Waals surface area contributed by atoms with Crippen LogP contribution in [-0.4, -0.2) is 34.5 Å². The van der Waals surface area contributed by atoms with Gasteiger partial charge < -0.3 is 10.1 Å². The largest absolute Gasteiger partial charge is 0.452 e. The smallest absolute Gasteiger partial charge is 0.339 e. The maximum atomic E-state index is 12.5. The number of benzene rings is 1. The SMILES string of the molecule is CC[S@](=O)c1ccccc1C(=O)OCC(=O)N[C@@H](C)C12CC3CC(CC(C3)C1)C2. The summed E-state index contributed by atoms with van der Waals surface area (Å²) in [5.41, 5.74) is 0.494. The number of nitrogens with one attached hydrogen (secondary N) is 1. The lowest BCUT2D eigenvalue weighted by atomic mass is 9.48. The second-order valence-corrected chi connectivity index (χ2v) is 11.0. The Hall–Kier alpha value is -1.69. The maximum Gasteiger partial charge on any atom is 0.339 e. The van der Waals surface area contributed by atoms with Crippen molar-refractivity contribution in [1.29, 1.82) is 0 Å². The van der Waals surface area contributed by atoms with Crippen LogP contribution in [-0.2, 0) is 20.3 Å². The van der Waals surface area contributed by atoms with E-state index in [4.69, 9.17) is 4.74 Å². The van der Waals surface area contributed by atoms with Gasteiger partial charge in [-0.1, -0.05) is 19.1 Å². The molecule has 1 aromatic rings. The third-order valence-corrected chi connectivity index (χ3v) is 8.70. The van der Waals surface area contributed by atoms with E-state index < -0.39 is 16.8 Å². The van der Waals surface area contributed by atoms with Crippen LogP contribution in [0.4, 0.5) is 0 Å². The van der Waals surface area contributed by atoms with Crippen LogP contribution in [0.3, 0.4) is 0 Å². The fourth-order valence-electron chi connectivity index (χ4n) is 6.34. The van der Waals surface area contributed by atoms with E-state index >= 15 is 0 Å². The molecule has 4 saturated carbocycles. The van der Waals surface area contributed by atoms with Gasteiger partial charge in [0.25, 0.3) is 5.91 Å². The average Bonchev–Trinajstić information content (AvgIpc) is 2.70. The monoisotopic (exact) mass is 417 g/mol. The van der Waals surface area contributed by atoms with Crippen molar-refractivity contribution in [2.24, 2.45) is 23.2 Å². The number of esters is 1. The van der Waals surface area contributed by atoms with Crippen molar-refractivity contribution < 1.29 is 18.5 Å². The Bertz CT molecular complexity index is 786. The minimum absolute atomic E-state index is 0.0991. The molecule has 0 radical (unpaired) electrons. The summed E-state index contributed by atoms with van der Waals surface area (Å²) in [4.78, 5) is 25.4. The second kappa shape index (κ2) is 8.21. The van der Waals surface area contributed by atoms with Crippen molar-refractivity contribution in [3.05, 3.63) is 29.8 Å². The summed E-state index contributed by atoms with van der Waals surface area (Å²) in [6, 6.07) is 6.83. The number of carbonyl (C=O) groups is 2. The maximum absolute atomic E-state index is 12.5. The lowest BCUT2D eigenvalue weighted by molar-refractivity contribution is -0.128. The number of ether oxygens (including phenoxy) is 1. The first-order valence-corrected chi connectivity index (χ1v) is 12.2. The van der Waals surface area contributed by atoms with Gasteiger partial charge in [-0.15, -0.1) is 0 Å². The van der Waals surface area contributed by atoms with E-state index in [1.165, 1.54) is 38.5 Å². The van der Waals surface area contributed by atoms with Gasteiger partial charge in [0.1, 0.15) is 0 Å². The predicted octanol–water partition coefficient (Wildman–Crippen LogP) is 3.69. The van der Waals surface area contributed by atoms with Crippen LogP contribution in [0.25, 0.3) is 0 Å². The molecule has 5 rings (SSSR count). The molecule has 4 aliphatic rings. The van der Waals surface area contributed by atoms with Crippen LogP contribution in [0.1, 0.15) is 62.7 Å². The molecule has 0 spiro atoms. The number of hydrogen-bond donors (Lipinski definition) is 1. The predicted molar refractivity (Wildman–Crippen MR) is 112 cm³/mol. The quantitative estimate of drug-likeness (QED) is 0.687. The Morgan fingerprint density at radius 2 is 1.72 bits per heavy atom. The summed E-state index contributed by atoms with van der Waals surface area (Å²) >= 11 is 0. The lowest BCUT2D eigenvalue weighted by Crippen LogP contribution is -2.56. The highest BCUT2D eigenvalue weighted by atomic mass is 32.2. The highest BCUT2D eigenvalue weighted by Crippen LogP contribution is 2.61. The Morgan fingerprint density at radius 1 is 1.14 bits per heavy atom. The summed E-state index contributed by atoms with van der Waals surface area (Å²) in [6.07, 6.45) is 7.77. The summed E-state index contributed by atoms with van der Waals surface area (Å²) in [5.74, 6) is 2.06. The molecule has 4 bridgehead atoms. The fourth-order valence-corrected chi connectivity index (χ4v) is 7.28. The molecule has 0 aliphatic heterocycles. The molecule has 0 heterocycles. The highest BCUT2D eigenvalue weighted by molar-refractivity contribution is 7.85. The first-order chi connectivity index (χ1) is 13.9. The molecule has 0 saturated heterocycles. The van der Waals surface area contributed by atoms with Crippen molar-refractivity contribution in [1.82, 2.24) is 5.32 Å². The Kier molecular flexibility index (Phi) is 5.83. The van der Waals surface area contributed by atoms with Crippen LogP contribution in [0.5, 0.6) is 0 Å². The van der Waals surface area contributed by atoms with Crippen molar-refractivity contribution in [2.45, 2.75) is 63.3 Å². The molecule has 1 N–H and O–H groups in total. The van der Waals surface area contributed by atoms with Crippen molar-refractivity contribution >= 4 is 22.7 Å². The summed E-state index contributed by atoms with van der Waals surface area (Å²) in [6.45, 7) is 3.62. The van der Waals surface area contributed by atoms with E-state index in [2.05, 4.69) is 12.2 Å². The van der Waals surface area contributed by atoms with Gasteiger partial charge >= 0.3 is 5.97 Å². The molecule has 0 unspecified atom stereocenters. The van der Waals surface area contributed by atoms with Crippen molar-refractivity contribution in [3.8, 4) is 0 Å². The van der Waals surface area contributed by atoms with E-state index in [0.29, 0.717) is 10.6 Å². The molecule has 6 heteroatoms. The van der Waals surface area contributed by atoms with E-state index in [-0.39, 0.29) is 29.5 Å². The lowest BCUT2D eigenvalue weighted by Gasteiger charge is -2.59. The number of carbonyl (C=O) groups excluding carboxylic acids is 2. The zero-order chi connectivity index (χ0) is 20.6. The van der Waals surface area contributed by atoms with Crippen molar-refractivity contribution in [3.63, 3.8) is 0 Å².